The molecule has 1 fully saturated rings. The van der Waals surface area contributed by atoms with Gasteiger partial charge >= 0.3 is 0 Å². The van der Waals surface area contributed by atoms with Crippen molar-refractivity contribution in [1.82, 2.24) is 0 Å². The monoisotopic (exact) mass is 239 g/mol. The SMILES string of the molecule is CCC1CCC(C(N)c2cccc(F)c2F)C1. The van der Waals surface area contributed by atoms with Crippen molar-refractivity contribution in [3.8, 4) is 0 Å². The van der Waals surface area contributed by atoms with Gasteiger partial charge < -0.3 is 5.73 Å². The highest BCUT2D eigenvalue weighted by atomic mass is 19.2. The van der Waals surface area contributed by atoms with Crippen LogP contribution < -0.4 is 5.73 Å². The van der Waals surface area contributed by atoms with Crippen molar-refractivity contribution in [2.45, 2.75) is 38.6 Å². The van der Waals surface area contributed by atoms with Gasteiger partial charge in [-0.2, -0.15) is 0 Å². The lowest BCUT2D eigenvalue weighted by Gasteiger charge is -2.20. The lowest BCUT2D eigenvalue weighted by molar-refractivity contribution is 0.397. The number of nitrogens with two attached hydrogens (primary N) is 1. The van der Waals surface area contributed by atoms with Crippen molar-refractivity contribution in [2.75, 3.05) is 0 Å². The largest absolute Gasteiger partial charge is 0.324 e. The van der Waals surface area contributed by atoms with Gasteiger partial charge in [0.25, 0.3) is 0 Å². The molecule has 2 N–H and O–H groups in total. The molecule has 1 aromatic rings. The predicted molar refractivity (Wildman–Crippen MR) is 64.4 cm³/mol. The molecule has 0 heterocycles. The molecule has 0 amide bonds. The molecule has 3 unspecified atom stereocenters. The second kappa shape index (κ2) is 5.13. The lowest BCUT2D eigenvalue weighted by atomic mass is 9.91. The minimum absolute atomic E-state index is 0.288. The van der Waals surface area contributed by atoms with E-state index in [9.17, 15) is 8.78 Å². The fourth-order valence-corrected chi connectivity index (χ4v) is 2.84. The summed E-state index contributed by atoms with van der Waals surface area (Å²) < 4.78 is 26.8. The van der Waals surface area contributed by atoms with Crippen LogP contribution in [-0.4, -0.2) is 0 Å². The van der Waals surface area contributed by atoms with Crippen LogP contribution in [0.1, 0.15) is 44.2 Å². The average molecular weight is 239 g/mol. The second-order valence-corrected chi connectivity index (χ2v) is 5.02. The Morgan fingerprint density at radius 3 is 2.76 bits per heavy atom. The Bertz CT molecular complexity index is 392. The standard InChI is InChI=1S/C14H19F2N/c1-2-9-6-7-10(8-9)14(17)11-4-3-5-12(15)13(11)16/h3-5,9-10,14H,2,6-8,17H2,1H3. The van der Waals surface area contributed by atoms with Crippen LogP contribution in [0.15, 0.2) is 18.2 Å². The zero-order valence-electron chi connectivity index (χ0n) is 10.1. The number of rotatable bonds is 3. The van der Waals surface area contributed by atoms with Gasteiger partial charge in [-0.05, 0) is 30.7 Å². The van der Waals surface area contributed by atoms with E-state index in [1.54, 1.807) is 6.07 Å². The molecule has 1 saturated carbocycles. The van der Waals surface area contributed by atoms with E-state index >= 15 is 0 Å². The Kier molecular flexibility index (Phi) is 3.77. The van der Waals surface area contributed by atoms with Gasteiger partial charge in [0.05, 0.1) is 0 Å². The molecule has 0 aliphatic heterocycles. The Balaban J connectivity index is 2.15. The smallest absolute Gasteiger partial charge is 0.163 e. The molecular formula is C14H19F2N. The Labute approximate surface area is 101 Å². The summed E-state index contributed by atoms with van der Waals surface area (Å²) in [6, 6.07) is 3.89. The third-order valence-electron chi connectivity index (χ3n) is 4.01. The molecule has 3 heteroatoms. The van der Waals surface area contributed by atoms with Gasteiger partial charge in [-0.15, -0.1) is 0 Å². The van der Waals surface area contributed by atoms with Crippen LogP contribution in [0.4, 0.5) is 8.78 Å². The van der Waals surface area contributed by atoms with Gasteiger partial charge in [0.2, 0.25) is 0 Å². The molecule has 1 aliphatic rings. The minimum atomic E-state index is -0.803. The van der Waals surface area contributed by atoms with Gasteiger partial charge in [-0.1, -0.05) is 31.9 Å². The molecular weight excluding hydrogens is 220 g/mol. The highest BCUT2D eigenvalue weighted by Gasteiger charge is 2.30. The van der Waals surface area contributed by atoms with E-state index < -0.39 is 11.6 Å². The molecule has 3 atom stereocenters. The van der Waals surface area contributed by atoms with Crippen molar-refractivity contribution >= 4 is 0 Å². The molecule has 0 aromatic heterocycles. The van der Waals surface area contributed by atoms with E-state index in [0.717, 1.165) is 31.7 Å². The minimum Gasteiger partial charge on any atom is -0.324 e. The normalized spacial score (nSPS) is 26.1. The highest BCUT2D eigenvalue weighted by Crippen LogP contribution is 2.39. The summed E-state index contributed by atoms with van der Waals surface area (Å²) in [6.07, 6.45) is 4.36. The molecule has 17 heavy (non-hydrogen) atoms. The number of hydrogen-bond acceptors (Lipinski definition) is 1. The van der Waals surface area contributed by atoms with Crippen molar-refractivity contribution in [3.63, 3.8) is 0 Å². The maximum atomic E-state index is 13.6. The fourth-order valence-electron chi connectivity index (χ4n) is 2.84. The topological polar surface area (TPSA) is 26.0 Å². The molecule has 0 saturated heterocycles. The van der Waals surface area contributed by atoms with E-state index in [0.29, 0.717) is 11.5 Å². The molecule has 0 bridgehead atoms. The highest BCUT2D eigenvalue weighted by molar-refractivity contribution is 5.23. The quantitative estimate of drug-likeness (QED) is 0.853. The summed E-state index contributed by atoms with van der Waals surface area (Å²) in [5.74, 6) is -0.596. The van der Waals surface area contributed by atoms with Gasteiger partial charge in [0.15, 0.2) is 11.6 Å². The predicted octanol–water partition coefficient (Wildman–Crippen LogP) is 3.79. The molecule has 1 aromatic carbocycles. The third-order valence-corrected chi connectivity index (χ3v) is 4.01. The summed E-state index contributed by atoms with van der Waals surface area (Å²) in [7, 11) is 0. The zero-order chi connectivity index (χ0) is 12.4. The Morgan fingerprint density at radius 1 is 1.35 bits per heavy atom. The van der Waals surface area contributed by atoms with Crippen LogP contribution in [-0.2, 0) is 0 Å². The third kappa shape index (κ3) is 2.49. The maximum Gasteiger partial charge on any atom is 0.163 e. The number of hydrogen-bond donors (Lipinski definition) is 1. The number of benzene rings is 1. The second-order valence-electron chi connectivity index (χ2n) is 5.02. The summed E-state index contributed by atoms with van der Waals surface area (Å²) in [4.78, 5) is 0. The number of halogens is 2. The van der Waals surface area contributed by atoms with Crippen LogP contribution in [0.5, 0.6) is 0 Å². The lowest BCUT2D eigenvalue weighted by Crippen LogP contribution is -2.21. The molecule has 0 spiro atoms. The Morgan fingerprint density at radius 2 is 2.12 bits per heavy atom. The summed E-state index contributed by atoms with van der Waals surface area (Å²) in [5.41, 5.74) is 6.41. The maximum absolute atomic E-state index is 13.6. The first-order valence-corrected chi connectivity index (χ1v) is 6.33. The summed E-state index contributed by atoms with van der Waals surface area (Å²) in [6.45, 7) is 2.17. The summed E-state index contributed by atoms with van der Waals surface area (Å²) >= 11 is 0. The van der Waals surface area contributed by atoms with Gasteiger partial charge in [-0.25, -0.2) is 8.78 Å². The van der Waals surface area contributed by atoms with Crippen molar-refractivity contribution in [2.24, 2.45) is 17.6 Å². The molecule has 94 valence electrons. The van der Waals surface area contributed by atoms with Gasteiger partial charge in [-0.3, -0.25) is 0 Å². The van der Waals surface area contributed by atoms with Crippen LogP contribution in [0, 0.1) is 23.5 Å². The summed E-state index contributed by atoms with van der Waals surface area (Å²) in [5, 5.41) is 0. The molecule has 2 rings (SSSR count). The van der Waals surface area contributed by atoms with E-state index in [1.807, 2.05) is 0 Å². The van der Waals surface area contributed by atoms with E-state index in [2.05, 4.69) is 6.92 Å². The van der Waals surface area contributed by atoms with E-state index in [4.69, 9.17) is 5.73 Å². The average Bonchev–Trinajstić information content (AvgIpc) is 2.80. The van der Waals surface area contributed by atoms with Crippen molar-refractivity contribution in [3.05, 3.63) is 35.4 Å². The van der Waals surface area contributed by atoms with Crippen LogP contribution in [0.25, 0.3) is 0 Å². The van der Waals surface area contributed by atoms with Crippen LogP contribution >= 0.6 is 0 Å². The first-order chi connectivity index (χ1) is 8.13. The van der Waals surface area contributed by atoms with Gasteiger partial charge in [0.1, 0.15) is 0 Å². The van der Waals surface area contributed by atoms with E-state index in [-0.39, 0.29) is 12.0 Å². The van der Waals surface area contributed by atoms with E-state index in [1.165, 1.54) is 6.07 Å². The zero-order valence-corrected chi connectivity index (χ0v) is 10.1. The molecule has 0 radical (unpaired) electrons. The van der Waals surface area contributed by atoms with Gasteiger partial charge in [0, 0.05) is 11.6 Å². The first-order valence-electron chi connectivity index (χ1n) is 6.33. The molecule has 1 aliphatic carbocycles. The Hall–Kier alpha value is -0.960. The van der Waals surface area contributed by atoms with Crippen LogP contribution in [0.3, 0.4) is 0 Å². The van der Waals surface area contributed by atoms with Crippen LogP contribution in [0.2, 0.25) is 0 Å². The first kappa shape index (κ1) is 12.5. The van der Waals surface area contributed by atoms with Crippen molar-refractivity contribution < 1.29 is 8.78 Å². The molecule has 1 nitrogen and oxygen atoms in total. The fraction of sp³-hybridized carbons (Fsp3) is 0.571. The van der Waals surface area contributed by atoms with Crippen molar-refractivity contribution in [1.29, 1.82) is 0 Å².